The maximum atomic E-state index is 13.2. The Morgan fingerprint density at radius 3 is 2.59 bits per heavy atom. The van der Waals surface area contributed by atoms with E-state index in [1.165, 1.54) is 29.1 Å². The number of hydrogen-bond acceptors (Lipinski definition) is 5. The first kappa shape index (κ1) is 19.4. The highest BCUT2D eigenvalue weighted by atomic mass is 32.2. The van der Waals surface area contributed by atoms with Gasteiger partial charge in [-0.2, -0.15) is 4.31 Å². The van der Waals surface area contributed by atoms with Gasteiger partial charge in [-0.25, -0.2) is 8.42 Å². The Morgan fingerprint density at radius 1 is 1.17 bits per heavy atom. The fraction of sp³-hybridized carbons (Fsp3) is 0.300. The second-order valence-electron chi connectivity index (χ2n) is 7.06. The van der Waals surface area contributed by atoms with Crippen molar-refractivity contribution in [3.63, 3.8) is 0 Å². The largest absolute Gasteiger partial charge is 0.495 e. The van der Waals surface area contributed by atoms with Crippen molar-refractivity contribution in [3.05, 3.63) is 64.3 Å². The van der Waals surface area contributed by atoms with Gasteiger partial charge in [-0.15, -0.1) is 0 Å². The third kappa shape index (κ3) is 3.47. The van der Waals surface area contributed by atoms with Gasteiger partial charge in [-0.05, 0) is 36.5 Å². The van der Waals surface area contributed by atoms with Crippen LogP contribution in [0.1, 0.15) is 24.3 Å². The van der Waals surface area contributed by atoms with E-state index in [0.717, 1.165) is 17.0 Å². The van der Waals surface area contributed by atoms with E-state index in [2.05, 4.69) is 11.1 Å². The Balaban J connectivity index is 1.58. The highest BCUT2D eigenvalue weighted by Gasteiger charge is 2.33. The van der Waals surface area contributed by atoms with Crippen molar-refractivity contribution < 1.29 is 18.1 Å². The number of para-hydroxylation sites is 1. The van der Waals surface area contributed by atoms with Crippen LogP contribution in [0.4, 0.5) is 5.69 Å². The first-order valence-corrected chi connectivity index (χ1v) is 10.7. The van der Waals surface area contributed by atoms with Crippen LogP contribution in [0.25, 0.3) is 10.9 Å². The lowest BCUT2D eigenvalue weighted by Crippen LogP contribution is -2.38. The lowest BCUT2D eigenvalue weighted by Gasteiger charge is -2.31. The monoisotopic (exact) mass is 415 g/mol. The number of sulfonamides is 1. The van der Waals surface area contributed by atoms with Gasteiger partial charge >= 0.3 is 0 Å². The molecule has 0 aliphatic carbocycles. The van der Waals surface area contributed by atoms with Gasteiger partial charge < -0.3 is 9.72 Å². The van der Waals surface area contributed by atoms with Gasteiger partial charge in [-0.1, -0.05) is 18.2 Å². The number of aromatic nitrogens is 1. The number of ether oxygens (including phenoxy) is 1. The summed E-state index contributed by atoms with van der Waals surface area (Å²) in [5, 5.41) is 12.3. The zero-order valence-electron chi connectivity index (χ0n) is 15.9. The van der Waals surface area contributed by atoms with E-state index in [0.29, 0.717) is 25.9 Å². The number of H-pyrrole nitrogens is 1. The standard InChI is InChI=1S/C20H21N3O5S/c1-28-19-7-6-15(23(24)25)12-20(19)29(26,27)22-10-8-14(9-11-22)17-13-21-18-5-3-2-4-16(17)18/h2-7,12-14,21H,8-11H2,1H3. The number of nitrogens with zero attached hydrogens (tertiary/aromatic N) is 2. The van der Waals surface area contributed by atoms with Crippen molar-refractivity contribution >= 4 is 26.6 Å². The molecule has 8 nitrogen and oxygen atoms in total. The smallest absolute Gasteiger partial charge is 0.271 e. The predicted molar refractivity (Wildman–Crippen MR) is 109 cm³/mol. The highest BCUT2D eigenvalue weighted by molar-refractivity contribution is 7.89. The molecule has 2 aromatic carbocycles. The molecule has 2 heterocycles. The van der Waals surface area contributed by atoms with Gasteiger partial charge in [-0.3, -0.25) is 10.1 Å². The number of benzene rings is 2. The molecule has 3 aromatic rings. The summed E-state index contributed by atoms with van der Waals surface area (Å²) >= 11 is 0. The maximum Gasteiger partial charge on any atom is 0.271 e. The lowest BCUT2D eigenvalue weighted by molar-refractivity contribution is -0.385. The van der Waals surface area contributed by atoms with Gasteiger partial charge in [0.15, 0.2) is 0 Å². The van der Waals surface area contributed by atoms with E-state index in [9.17, 15) is 18.5 Å². The molecule has 1 N–H and O–H groups in total. The molecule has 4 rings (SSSR count). The van der Waals surface area contributed by atoms with Gasteiger partial charge in [0.25, 0.3) is 5.69 Å². The van der Waals surface area contributed by atoms with E-state index < -0.39 is 14.9 Å². The highest BCUT2D eigenvalue weighted by Crippen LogP contribution is 2.36. The molecule has 1 aliphatic heterocycles. The molecule has 1 fully saturated rings. The molecule has 0 amide bonds. The van der Waals surface area contributed by atoms with E-state index in [1.54, 1.807) is 0 Å². The Hall–Kier alpha value is -2.91. The van der Waals surface area contributed by atoms with Crippen LogP contribution < -0.4 is 4.74 Å². The molecule has 0 bridgehead atoms. The normalized spacial score (nSPS) is 16.2. The van der Waals surface area contributed by atoms with E-state index in [1.807, 2.05) is 24.4 Å². The minimum atomic E-state index is -3.90. The summed E-state index contributed by atoms with van der Waals surface area (Å²) in [6.07, 6.45) is 3.36. The molecule has 0 spiro atoms. The summed E-state index contributed by atoms with van der Waals surface area (Å²) in [7, 11) is -2.55. The average molecular weight is 415 g/mol. The van der Waals surface area contributed by atoms with Crippen LogP contribution in [0.2, 0.25) is 0 Å². The van der Waals surface area contributed by atoms with Crippen LogP contribution >= 0.6 is 0 Å². The van der Waals surface area contributed by atoms with Crippen molar-refractivity contribution in [2.24, 2.45) is 0 Å². The number of hydrogen-bond donors (Lipinski definition) is 1. The molecule has 1 aromatic heterocycles. The van der Waals surface area contributed by atoms with Crippen LogP contribution in [0, 0.1) is 10.1 Å². The minimum Gasteiger partial charge on any atom is -0.495 e. The number of non-ortho nitro benzene ring substituents is 1. The first-order chi connectivity index (χ1) is 13.9. The van der Waals surface area contributed by atoms with Gasteiger partial charge in [0, 0.05) is 42.3 Å². The first-order valence-electron chi connectivity index (χ1n) is 9.30. The number of piperidine rings is 1. The van der Waals surface area contributed by atoms with E-state index in [-0.39, 0.29) is 22.3 Å². The maximum absolute atomic E-state index is 13.2. The molecule has 152 valence electrons. The summed E-state index contributed by atoms with van der Waals surface area (Å²) in [5.41, 5.74) is 1.99. The molecule has 0 atom stereocenters. The van der Waals surface area contributed by atoms with Crippen molar-refractivity contribution in [1.82, 2.24) is 9.29 Å². The van der Waals surface area contributed by atoms with Crippen molar-refractivity contribution in [2.75, 3.05) is 20.2 Å². The topological polar surface area (TPSA) is 106 Å². The molecular weight excluding hydrogens is 394 g/mol. The van der Waals surface area contributed by atoms with Crippen LogP contribution in [0.5, 0.6) is 5.75 Å². The number of aromatic amines is 1. The summed E-state index contributed by atoms with van der Waals surface area (Å²) in [4.78, 5) is 13.6. The van der Waals surface area contributed by atoms with Gasteiger partial charge in [0.05, 0.1) is 12.0 Å². The number of methoxy groups -OCH3 is 1. The van der Waals surface area contributed by atoms with Crippen molar-refractivity contribution in [3.8, 4) is 5.75 Å². The fourth-order valence-corrected chi connectivity index (χ4v) is 5.60. The third-order valence-corrected chi connectivity index (χ3v) is 7.41. The molecule has 1 aliphatic rings. The fourth-order valence-electron chi connectivity index (χ4n) is 3.96. The second kappa shape index (κ2) is 7.49. The quantitative estimate of drug-likeness (QED) is 0.506. The van der Waals surface area contributed by atoms with Crippen LogP contribution in [-0.4, -0.2) is 42.8 Å². The van der Waals surface area contributed by atoms with Crippen molar-refractivity contribution in [1.29, 1.82) is 0 Å². The number of fused-ring (bicyclic) bond motifs is 1. The van der Waals surface area contributed by atoms with Crippen molar-refractivity contribution in [2.45, 2.75) is 23.7 Å². The lowest BCUT2D eigenvalue weighted by atomic mass is 9.90. The van der Waals surface area contributed by atoms with Crippen LogP contribution in [0.15, 0.2) is 53.6 Å². The molecule has 9 heteroatoms. The summed E-state index contributed by atoms with van der Waals surface area (Å²) in [6.45, 7) is 0.691. The molecule has 0 radical (unpaired) electrons. The molecule has 0 unspecified atom stereocenters. The molecule has 29 heavy (non-hydrogen) atoms. The zero-order valence-corrected chi connectivity index (χ0v) is 16.7. The Labute approximate surface area is 168 Å². The number of nitro benzene ring substituents is 1. The zero-order chi connectivity index (χ0) is 20.6. The SMILES string of the molecule is COc1ccc([N+](=O)[O-])cc1S(=O)(=O)N1CCC(c2c[nH]c3ccccc23)CC1. The predicted octanol–water partition coefficient (Wildman–Crippen LogP) is 3.65. The average Bonchev–Trinajstić information content (AvgIpc) is 3.17. The number of nitrogens with one attached hydrogen (secondary N) is 1. The molecule has 1 saturated heterocycles. The Bertz CT molecular complexity index is 1160. The summed E-state index contributed by atoms with van der Waals surface area (Å²) in [5.74, 6) is 0.360. The Morgan fingerprint density at radius 2 is 1.90 bits per heavy atom. The van der Waals surface area contributed by atoms with Gasteiger partial charge in [0.2, 0.25) is 10.0 Å². The molecular formula is C20H21N3O5S. The van der Waals surface area contributed by atoms with Crippen LogP contribution in [-0.2, 0) is 10.0 Å². The summed E-state index contributed by atoms with van der Waals surface area (Å²) < 4.78 is 32.9. The number of rotatable bonds is 5. The van der Waals surface area contributed by atoms with E-state index >= 15 is 0 Å². The molecule has 0 saturated carbocycles. The summed E-state index contributed by atoms with van der Waals surface area (Å²) in [6, 6.07) is 11.7. The second-order valence-corrected chi connectivity index (χ2v) is 8.97. The Kier molecular flexibility index (Phi) is 5.01. The van der Waals surface area contributed by atoms with Crippen LogP contribution in [0.3, 0.4) is 0 Å². The third-order valence-electron chi connectivity index (χ3n) is 5.49. The van der Waals surface area contributed by atoms with E-state index in [4.69, 9.17) is 4.74 Å². The number of nitro groups is 1. The minimum absolute atomic E-state index is 0.106. The van der Waals surface area contributed by atoms with Gasteiger partial charge in [0.1, 0.15) is 10.6 Å².